The lowest BCUT2D eigenvalue weighted by Gasteiger charge is -2.44. The van der Waals surface area contributed by atoms with Gasteiger partial charge in [-0.1, -0.05) is 30.3 Å². The molecule has 1 saturated carbocycles. The van der Waals surface area contributed by atoms with E-state index in [9.17, 15) is 23.1 Å². The van der Waals surface area contributed by atoms with Crippen LogP contribution in [0.1, 0.15) is 65.4 Å². The van der Waals surface area contributed by atoms with Crippen LogP contribution in [0.5, 0.6) is 0 Å². The highest BCUT2D eigenvalue weighted by Gasteiger charge is 2.45. The lowest BCUT2D eigenvalue weighted by atomic mass is 9.81. The first-order valence-corrected chi connectivity index (χ1v) is 16.2. The van der Waals surface area contributed by atoms with Crippen LogP contribution in [0.15, 0.2) is 48.9 Å². The predicted octanol–water partition coefficient (Wildman–Crippen LogP) is 6.58. The molecule has 0 unspecified atom stereocenters. The number of fused-ring (bicyclic) bond motifs is 1. The maximum atomic E-state index is 13.2. The van der Waals surface area contributed by atoms with Crippen molar-refractivity contribution in [3.63, 3.8) is 0 Å². The summed E-state index contributed by atoms with van der Waals surface area (Å²) in [6.45, 7) is 9.66. The maximum Gasteiger partial charge on any atom is 0.410 e. The van der Waals surface area contributed by atoms with Gasteiger partial charge in [-0.15, -0.1) is 0 Å². The highest BCUT2D eigenvalue weighted by Crippen LogP contribution is 2.40. The van der Waals surface area contributed by atoms with E-state index in [0.29, 0.717) is 38.1 Å². The number of piperidine rings is 1. The number of likely N-dealkylation sites (tertiary alicyclic amines) is 1. The van der Waals surface area contributed by atoms with Crippen LogP contribution < -0.4 is 4.90 Å². The van der Waals surface area contributed by atoms with Gasteiger partial charge in [-0.3, -0.25) is 0 Å². The number of alkyl halides is 3. The molecule has 2 fully saturated rings. The molecule has 0 spiro atoms. The summed E-state index contributed by atoms with van der Waals surface area (Å²) in [5.74, 6) is -0.322. The maximum absolute atomic E-state index is 13.2. The molecule has 1 amide bonds. The van der Waals surface area contributed by atoms with E-state index in [1.165, 1.54) is 6.33 Å². The minimum atomic E-state index is -4.13. The molecule has 252 valence electrons. The SMILES string of the molecule is CCN(CC1CCC(C(F)(F)F)CC1)c1ncnc2c1ccn2C[C@]1(O)CCN(C(=O)OC(C)(C)C)C[C@H]1OCc1ccccc1. The standard InChI is InChI=1S/C34H46F3N5O4/c1-5-40(19-24-11-13-26(14-12-24)34(35,36)37)29-27-15-17-42(30(27)39-23-38-29)22-33(44)16-18-41(31(43)46-32(2,3)4)20-28(33)45-21-25-9-7-6-8-10-25/h6-10,15,17,23-24,26,28,44H,5,11-14,16,18-22H2,1-4H3/t24?,26?,28-,33-/m1/s1. The summed E-state index contributed by atoms with van der Waals surface area (Å²) in [5.41, 5.74) is -0.364. The van der Waals surface area contributed by atoms with Crippen molar-refractivity contribution in [1.29, 1.82) is 0 Å². The van der Waals surface area contributed by atoms with Crippen LogP contribution in [0.25, 0.3) is 11.0 Å². The molecule has 2 aliphatic rings. The summed E-state index contributed by atoms with van der Waals surface area (Å²) in [7, 11) is 0. The third-order valence-corrected chi connectivity index (χ3v) is 9.19. The number of halogens is 3. The van der Waals surface area contributed by atoms with Crippen molar-refractivity contribution >= 4 is 22.9 Å². The number of benzene rings is 1. The second-order valence-electron chi connectivity index (χ2n) is 13.7. The Kier molecular flexibility index (Phi) is 10.2. The Bertz CT molecular complexity index is 1450. The van der Waals surface area contributed by atoms with Crippen molar-refractivity contribution in [3.05, 3.63) is 54.5 Å². The Morgan fingerprint density at radius 2 is 1.80 bits per heavy atom. The molecule has 5 rings (SSSR count). The summed E-state index contributed by atoms with van der Waals surface area (Å²) in [5, 5.41) is 12.9. The number of hydrogen-bond acceptors (Lipinski definition) is 7. The fraction of sp³-hybridized carbons (Fsp3) is 0.618. The minimum absolute atomic E-state index is 0.157. The number of aliphatic hydroxyl groups is 1. The van der Waals surface area contributed by atoms with Crippen molar-refractivity contribution in [3.8, 4) is 0 Å². The van der Waals surface area contributed by atoms with Crippen LogP contribution in [0, 0.1) is 11.8 Å². The van der Waals surface area contributed by atoms with Crippen molar-refractivity contribution in [2.75, 3.05) is 31.1 Å². The first-order chi connectivity index (χ1) is 21.8. The van der Waals surface area contributed by atoms with Crippen molar-refractivity contribution in [2.45, 2.75) is 96.4 Å². The van der Waals surface area contributed by atoms with Gasteiger partial charge in [0.05, 0.1) is 31.0 Å². The molecule has 1 N–H and O–H groups in total. The van der Waals surface area contributed by atoms with E-state index in [4.69, 9.17) is 9.47 Å². The van der Waals surface area contributed by atoms with Crippen LogP contribution in [-0.2, 0) is 22.6 Å². The number of anilines is 1. The molecule has 2 aromatic heterocycles. The fourth-order valence-electron chi connectivity index (χ4n) is 6.62. The minimum Gasteiger partial charge on any atom is -0.444 e. The lowest BCUT2D eigenvalue weighted by molar-refractivity contribution is -0.183. The van der Waals surface area contributed by atoms with Crippen LogP contribution in [0.4, 0.5) is 23.8 Å². The zero-order valence-electron chi connectivity index (χ0n) is 27.2. The van der Waals surface area contributed by atoms with Gasteiger partial charge in [0.25, 0.3) is 0 Å². The molecule has 1 aliphatic heterocycles. The summed E-state index contributed by atoms with van der Waals surface area (Å²) in [4.78, 5) is 25.8. The zero-order valence-corrected chi connectivity index (χ0v) is 27.2. The Morgan fingerprint density at radius 3 is 2.46 bits per heavy atom. The van der Waals surface area contributed by atoms with E-state index in [1.54, 1.807) is 4.90 Å². The first kappa shape index (κ1) is 34.0. The van der Waals surface area contributed by atoms with Crippen molar-refractivity contribution < 1.29 is 32.5 Å². The van der Waals surface area contributed by atoms with Gasteiger partial charge < -0.3 is 28.9 Å². The van der Waals surface area contributed by atoms with Gasteiger partial charge in [0.2, 0.25) is 0 Å². The Balaban J connectivity index is 1.34. The van der Waals surface area contributed by atoms with E-state index in [1.807, 2.05) is 74.9 Å². The van der Waals surface area contributed by atoms with Crippen molar-refractivity contribution in [1.82, 2.24) is 19.4 Å². The largest absolute Gasteiger partial charge is 0.444 e. The number of hydrogen-bond donors (Lipinski definition) is 1. The van der Waals surface area contributed by atoms with Gasteiger partial charge in [0, 0.05) is 25.8 Å². The molecule has 1 aromatic carbocycles. The summed E-state index contributed by atoms with van der Waals surface area (Å²) in [6.07, 6.45) is -0.235. The number of carbonyl (C=O) groups excluding carboxylic acids is 1. The van der Waals surface area contributed by atoms with Gasteiger partial charge in [-0.2, -0.15) is 13.2 Å². The highest BCUT2D eigenvalue weighted by molar-refractivity contribution is 5.87. The molecule has 12 heteroatoms. The van der Waals surface area contributed by atoms with Gasteiger partial charge in [-0.05, 0) is 77.3 Å². The Labute approximate surface area is 268 Å². The van der Waals surface area contributed by atoms with E-state index >= 15 is 0 Å². The molecule has 1 saturated heterocycles. The molecule has 1 aliphatic carbocycles. The molecular weight excluding hydrogens is 599 g/mol. The molecule has 46 heavy (non-hydrogen) atoms. The predicted molar refractivity (Wildman–Crippen MR) is 169 cm³/mol. The monoisotopic (exact) mass is 645 g/mol. The third kappa shape index (κ3) is 8.12. The number of nitrogens with zero attached hydrogens (tertiary/aromatic N) is 5. The molecule has 0 radical (unpaired) electrons. The number of ether oxygens (including phenoxy) is 2. The van der Waals surface area contributed by atoms with Crippen LogP contribution in [0.3, 0.4) is 0 Å². The molecule has 3 heterocycles. The average Bonchev–Trinajstić information content (AvgIpc) is 3.41. The molecule has 0 bridgehead atoms. The lowest BCUT2D eigenvalue weighted by Crippen LogP contribution is -2.59. The molecule has 9 nitrogen and oxygen atoms in total. The average molecular weight is 646 g/mol. The molecule has 2 atom stereocenters. The zero-order chi connectivity index (χ0) is 33.1. The Morgan fingerprint density at radius 1 is 1.09 bits per heavy atom. The summed E-state index contributed by atoms with van der Waals surface area (Å²) in [6, 6.07) is 11.6. The van der Waals surface area contributed by atoms with Crippen LogP contribution in [-0.4, -0.2) is 80.3 Å². The van der Waals surface area contributed by atoms with Crippen molar-refractivity contribution in [2.24, 2.45) is 11.8 Å². The van der Waals surface area contributed by atoms with Gasteiger partial charge in [0.1, 0.15) is 35.1 Å². The van der Waals surface area contributed by atoms with Gasteiger partial charge >= 0.3 is 12.3 Å². The van der Waals surface area contributed by atoms with E-state index in [-0.39, 0.29) is 44.9 Å². The quantitative estimate of drug-likeness (QED) is 0.281. The normalized spacial score (nSPS) is 24.3. The van der Waals surface area contributed by atoms with E-state index in [0.717, 1.165) is 16.8 Å². The van der Waals surface area contributed by atoms with Gasteiger partial charge in [0.15, 0.2) is 0 Å². The second-order valence-corrected chi connectivity index (χ2v) is 13.7. The second kappa shape index (κ2) is 13.8. The van der Waals surface area contributed by atoms with E-state index < -0.39 is 35.5 Å². The molecular formula is C34H46F3N5O4. The fourth-order valence-corrected chi connectivity index (χ4v) is 6.62. The summed E-state index contributed by atoms with van der Waals surface area (Å²) < 4.78 is 53.5. The summed E-state index contributed by atoms with van der Waals surface area (Å²) >= 11 is 0. The van der Waals surface area contributed by atoms with Crippen LogP contribution >= 0.6 is 0 Å². The number of amides is 1. The highest BCUT2D eigenvalue weighted by atomic mass is 19.4. The van der Waals surface area contributed by atoms with Crippen LogP contribution in [0.2, 0.25) is 0 Å². The topological polar surface area (TPSA) is 93.0 Å². The first-order valence-electron chi connectivity index (χ1n) is 16.2. The number of carbonyl (C=O) groups is 1. The van der Waals surface area contributed by atoms with Gasteiger partial charge in [-0.25, -0.2) is 14.8 Å². The molecule has 3 aromatic rings. The Hall–Kier alpha value is -3.38. The third-order valence-electron chi connectivity index (χ3n) is 9.19. The number of rotatable bonds is 9. The number of aromatic nitrogens is 3. The van der Waals surface area contributed by atoms with E-state index in [2.05, 4.69) is 14.9 Å². The smallest absolute Gasteiger partial charge is 0.410 e.